The second kappa shape index (κ2) is 8.59. The molecule has 1 aliphatic carbocycles. The zero-order valence-electron chi connectivity index (χ0n) is 18.1. The van der Waals surface area contributed by atoms with Gasteiger partial charge in [-0.3, -0.25) is 9.69 Å². The lowest BCUT2D eigenvalue weighted by molar-refractivity contribution is -0.136. The summed E-state index contributed by atoms with van der Waals surface area (Å²) in [5.41, 5.74) is 0.0195. The van der Waals surface area contributed by atoms with Gasteiger partial charge in [0.15, 0.2) is 0 Å². The minimum Gasteiger partial charge on any atom is -0.419 e. The van der Waals surface area contributed by atoms with E-state index < -0.39 is 5.54 Å². The molecule has 2 fully saturated rings. The zero-order chi connectivity index (χ0) is 22.2. The van der Waals surface area contributed by atoms with E-state index in [0.29, 0.717) is 29.8 Å². The van der Waals surface area contributed by atoms with Gasteiger partial charge in [-0.05, 0) is 56.9 Å². The van der Waals surface area contributed by atoms with E-state index in [-0.39, 0.29) is 30.6 Å². The van der Waals surface area contributed by atoms with Crippen LogP contribution in [-0.2, 0) is 11.3 Å². The SMILES string of the molecule is CC(C)N(Cc1nnc(-c2ccc(Cl)cc2)o1)CN1C(=O)N[C@]2(CCCC[C@H]2C)C1=O. The van der Waals surface area contributed by atoms with Crippen LogP contribution in [0.25, 0.3) is 11.5 Å². The molecule has 166 valence electrons. The quantitative estimate of drug-likeness (QED) is 0.674. The number of aromatic nitrogens is 2. The molecule has 31 heavy (non-hydrogen) atoms. The lowest BCUT2D eigenvalue weighted by Gasteiger charge is -2.37. The highest BCUT2D eigenvalue weighted by Crippen LogP contribution is 2.38. The average molecular weight is 446 g/mol. The monoisotopic (exact) mass is 445 g/mol. The minimum absolute atomic E-state index is 0.0619. The summed E-state index contributed by atoms with van der Waals surface area (Å²) in [6.45, 7) is 6.58. The highest BCUT2D eigenvalue weighted by Gasteiger charge is 2.55. The van der Waals surface area contributed by atoms with Crippen molar-refractivity contribution in [3.63, 3.8) is 0 Å². The molecule has 8 nitrogen and oxygen atoms in total. The van der Waals surface area contributed by atoms with Crippen molar-refractivity contribution in [3.8, 4) is 11.5 Å². The third-order valence-corrected chi connectivity index (χ3v) is 6.70. The molecule has 9 heteroatoms. The van der Waals surface area contributed by atoms with Crippen molar-refractivity contribution in [2.45, 2.75) is 64.6 Å². The van der Waals surface area contributed by atoms with E-state index in [1.807, 2.05) is 30.9 Å². The van der Waals surface area contributed by atoms with E-state index in [2.05, 4.69) is 22.4 Å². The molecule has 2 atom stereocenters. The van der Waals surface area contributed by atoms with E-state index in [4.69, 9.17) is 16.0 Å². The van der Waals surface area contributed by atoms with E-state index >= 15 is 0 Å². The van der Waals surface area contributed by atoms with Crippen LogP contribution >= 0.6 is 11.6 Å². The molecule has 2 aliphatic rings. The third kappa shape index (κ3) is 4.19. The Hall–Kier alpha value is -2.45. The van der Waals surface area contributed by atoms with Crippen LogP contribution in [0.3, 0.4) is 0 Å². The maximum Gasteiger partial charge on any atom is 0.326 e. The summed E-state index contributed by atoms with van der Waals surface area (Å²) < 4.78 is 5.82. The first kappa shape index (κ1) is 21.8. The Bertz CT molecular complexity index is 960. The Balaban J connectivity index is 1.48. The summed E-state index contributed by atoms with van der Waals surface area (Å²) in [5, 5.41) is 11.9. The van der Waals surface area contributed by atoms with Gasteiger partial charge < -0.3 is 9.73 Å². The van der Waals surface area contributed by atoms with Crippen LogP contribution in [0.5, 0.6) is 0 Å². The smallest absolute Gasteiger partial charge is 0.326 e. The molecule has 0 radical (unpaired) electrons. The van der Waals surface area contributed by atoms with Gasteiger partial charge in [-0.15, -0.1) is 10.2 Å². The summed E-state index contributed by atoms with van der Waals surface area (Å²) >= 11 is 5.94. The van der Waals surface area contributed by atoms with Crippen molar-refractivity contribution in [1.82, 2.24) is 25.3 Å². The van der Waals surface area contributed by atoms with Gasteiger partial charge >= 0.3 is 6.03 Å². The van der Waals surface area contributed by atoms with Gasteiger partial charge in [-0.25, -0.2) is 9.69 Å². The van der Waals surface area contributed by atoms with Crippen molar-refractivity contribution >= 4 is 23.5 Å². The molecule has 4 rings (SSSR count). The molecule has 1 spiro atoms. The van der Waals surface area contributed by atoms with Crippen LogP contribution in [0.2, 0.25) is 5.02 Å². The second-order valence-corrected chi connectivity index (χ2v) is 9.21. The van der Waals surface area contributed by atoms with E-state index in [0.717, 1.165) is 24.8 Å². The summed E-state index contributed by atoms with van der Waals surface area (Å²) in [5.74, 6) is 0.836. The number of urea groups is 1. The van der Waals surface area contributed by atoms with Crippen LogP contribution in [0.4, 0.5) is 4.79 Å². The molecule has 0 unspecified atom stereocenters. The molecule has 1 saturated carbocycles. The predicted octanol–water partition coefficient (Wildman–Crippen LogP) is 4.06. The van der Waals surface area contributed by atoms with Crippen molar-refractivity contribution in [2.24, 2.45) is 5.92 Å². The fourth-order valence-electron chi connectivity index (χ4n) is 4.40. The number of carbonyl (C=O) groups is 2. The van der Waals surface area contributed by atoms with Crippen LogP contribution in [0.15, 0.2) is 28.7 Å². The van der Waals surface area contributed by atoms with Gasteiger partial charge in [0.2, 0.25) is 11.8 Å². The Morgan fingerprint density at radius 2 is 2.00 bits per heavy atom. The summed E-state index contributed by atoms with van der Waals surface area (Å²) in [6.07, 6.45) is 3.69. The predicted molar refractivity (Wildman–Crippen MR) is 116 cm³/mol. The van der Waals surface area contributed by atoms with Crippen molar-refractivity contribution in [1.29, 1.82) is 0 Å². The number of hydrogen-bond donors (Lipinski definition) is 1. The minimum atomic E-state index is -0.760. The van der Waals surface area contributed by atoms with E-state index in [1.165, 1.54) is 4.90 Å². The Kier molecular flexibility index (Phi) is 6.03. The first-order valence-electron chi connectivity index (χ1n) is 10.8. The van der Waals surface area contributed by atoms with E-state index in [9.17, 15) is 9.59 Å². The van der Waals surface area contributed by atoms with Gasteiger partial charge in [0, 0.05) is 16.6 Å². The highest BCUT2D eigenvalue weighted by atomic mass is 35.5. The zero-order valence-corrected chi connectivity index (χ0v) is 18.9. The molecule has 2 heterocycles. The largest absolute Gasteiger partial charge is 0.419 e. The van der Waals surface area contributed by atoms with Gasteiger partial charge in [-0.2, -0.15) is 0 Å². The van der Waals surface area contributed by atoms with Crippen molar-refractivity contribution < 1.29 is 14.0 Å². The molecule has 2 aromatic rings. The lowest BCUT2D eigenvalue weighted by atomic mass is 9.73. The second-order valence-electron chi connectivity index (χ2n) is 8.77. The first-order valence-corrected chi connectivity index (χ1v) is 11.1. The molecule has 1 saturated heterocycles. The van der Waals surface area contributed by atoms with Crippen LogP contribution in [0, 0.1) is 5.92 Å². The number of amides is 3. The number of nitrogens with one attached hydrogen (secondary N) is 1. The lowest BCUT2D eigenvalue weighted by Crippen LogP contribution is -2.54. The normalized spacial score (nSPS) is 23.9. The number of nitrogens with zero attached hydrogens (tertiary/aromatic N) is 4. The number of hydrogen-bond acceptors (Lipinski definition) is 6. The summed E-state index contributed by atoms with van der Waals surface area (Å²) in [6, 6.07) is 6.90. The van der Waals surface area contributed by atoms with Crippen LogP contribution in [0.1, 0.15) is 52.3 Å². The Labute approximate surface area is 186 Å². The first-order chi connectivity index (χ1) is 14.8. The standard InChI is InChI=1S/C22H28ClN5O3/c1-14(2)27(12-18-25-26-19(31-18)16-7-9-17(23)10-8-16)13-28-20(29)22(24-21(28)30)11-5-4-6-15(22)3/h7-10,14-15H,4-6,11-13H2,1-3H3,(H,24,30)/t15-,22+/m1/s1. The fraction of sp³-hybridized carbons (Fsp3) is 0.545. The van der Waals surface area contributed by atoms with Crippen molar-refractivity contribution in [3.05, 3.63) is 35.2 Å². The number of benzene rings is 1. The highest BCUT2D eigenvalue weighted by molar-refractivity contribution is 6.30. The van der Waals surface area contributed by atoms with Gasteiger partial charge in [0.25, 0.3) is 5.91 Å². The summed E-state index contributed by atoms with van der Waals surface area (Å²) in [4.78, 5) is 29.3. The summed E-state index contributed by atoms with van der Waals surface area (Å²) in [7, 11) is 0. The number of halogens is 1. The third-order valence-electron chi connectivity index (χ3n) is 6.45. The number of rotatable bonds is 6. The van der Waals surface area contributed by atoms with Gasteiger partial charge in [0.1, 0.15) is 5.54 Å². The molecular weight excluding hydrogens is 418 g/mol. The van der Waals surface area contributed by atoms with E-state index in [1.54, 1.807) is 12.1 Å². The molecular formula is C22H28ClN5O3. The topological polar surface area (TPSA) is 91.6 Å². The van der Waals surface area contributed by atoms with Crippen molar-refractivity contribution in [2.75, 3.05) is 6.67 Å². The molecule has 1 aromatic carbocycles. The molecule has 1 aliphatic heterocycles. The van der Waals surface area contributed by atoms with Gasteiger partial charge in [-0.1, -0.05) is 31.4 Å². The Morgan fingerprint density at radius 3 is 2.68 bits per heavy atom. The molecule has 1 N–H and O–H groups in total. The number of imide groups is 1. The van der Waals surface area contributed by atoms with Gasteiger partial charge in [0.05, 0.1) is 13.2 Å². The van der Waals surface area contributed by atoms with Crippen LogP contribution in [-0.4, -0.2) is 50.2 Å². The molecule has 0 bridgehead atoms. The number of carbonyl (C=O) groups excluding carboxylic acids is 2. The maximum atomic E-state index is 13.3. The molecule has 1 aromatic heterocycles. The Morgan fingerprint density at radius 1 is 1.26 bits per heavy atom. The average Bonchev–Trinajstić information content (AvgIpc) is 3.29. The van der Waals surface area contributed by atoms with Crippen LogP contribution < -0.4 is 5.32 Å². The molecule has 3 amide bonds. The maximum absolute atomic E-state index is 13.3. The fourth-order valence-corrected chi connectivity index (χ4v) is 4.53.